The number of hydrogen-bond donors (Lipinski definition) is 3. The fourth-order valence-corrected chi connectivity index (χ4v) is 2.62. The fraction of sp³-hybridized carbons (Fsp3) is 0.571. The highest BCUT2D eigenvalue weighted by Crippen LogP contribution is 2.25. The van der Waals surface area contributed by atoms with E-state index in [9.17, 15) is 9.59 Å². The molecule has 0 radical (unpaired) electrons. The van der Waals surface area contributed by atoms with Crippen LogP contribution in [-0.2, 0) is 4.74 Å². The molecule has 0 aliphatic heterocycles. The number of aromatic amines is 1. The summed E-state index contributed by atoms with van der Waals surface area (Å²) < 4.78 is 5.44. The monoisotopic (exact) mass is 280 g/mol. The van der Waals surface area contributed by atoms with Crippen LogP contribution in [0.3, 0.4) is 0 Å². The summed E-state index contributed by atoms with van der Waals surface area (Å²) in [6.07, 6.45) is 1.86. The van der Waals surface area contributed by atoms with E-state index >= 15 is 0 Å². The van der Waals surface area contributed by atoms with Gasteiger partial charge in [0.1, 0.15) is 5.69 Å². The van der Waals surface area contributed by atoms with Gasteiger partial charge in [-0.3, -0.25) is 4.79 Å². The Kier molecular flexibility index (Phi) is 4.13. The molecule has 1 fully saturated rings. The minimum atomic E-state index is -1.05. The fourth-order valence-electron chi connectivity index (χ4n) is 2.62. The molecule has 6 heteroatoms. The molecular formula is C14H20N2O4. The van der Waals surface area contributed by atoms with E-state index in [0.29, 0.717) is 23.4 Å². The van der Waals surface area contributed by atoms with Gasteiger partial charge < -0.3 is 20.1 Å². The average molecular weight is 280 g/mol. The molecule has 1 aliphatic carbocycles. The molecule has 2 rings (SSSR count). The molecule has 1 amide bonds. The highest BCUT2D eigenvalue weighted by Gasteiger charge is 2.32. The van der Waals surface area contributed by atoms with E-state index in [0.717, 1.165) is 12.8 Å². The second kappa shape index (κ2) is 5.66. The number of carbonyl (C=O) groups excluding carboxylic acids is 1. The number of aryl methyl sites for hydroxylation is 1. The van der Waals surface area contributed by atoms with Gasteiger partial charge in [-0.05, 0) is 39.2 Å². The van der Waals surface area contributed by atoms with Crippen LogP contribution < -0.4 is 5.32 Å². The first-order chi connectivity index (χ1) is 9.43. The number of carboxylic acid groups (broad SMARTS) is 1. The Labute approximate surface area is 117 Å². The molecule has 1 aromatic rings. The molecule has 0 unspecified atom stereocenters. The van der Waals surface area contributed by atoms with Crippen LogP contribution in [0.1, 0.15) is 51.9 Å². The number of amides is 1. The van der Waals surface area contributed by atoms with Crippen LogP contribution in [-0.4, -0.2) is 40.7 Å². The minimum Gasteiger partial charge on any atom is -0.477 e. The van der Waals surface area contributed by atoms with E-state index in [1.54, 1.807) is 13.8 Å². The predicted octanol–water partition coefficient (Wildman–Crippen LogP) is 1.63. The SMILES string of the molecule is CCOC1CC(NC(=O)c2c(C)[nH]c(C(=O)O)c2C)C1. The van der Waals surface area contributed by atoms with Crippen molar-refractivity contribution in [2.24, 2.45) is 0 Å². The summed E-state index contributed by atoms with van der Waals surface area (Å²) in [7, 11) is 0. The molecule has 110 valence electrons. The van der Waals surface area contributed by atoms with Crippen molar-refractivity contribution < 1.29 is 19.4 Å². The summed E-state index contributed by atoms with van der Waals surface area (Å²) >= 11 is 0. The summed E-state index contributed by atoms with van der Waals surface area (Å²) in [4.78, 5) is 26.0. The third-order valence-electron chi connectivity index (χ3n) is 3.71. The third kappa shape index (κ3) is 2.70. The zero-order valence-corrected chi connectivity index (χ0v) is 11.9. The van der Waals surface area contributed by atoms with Crippen LogP contribution >= 0.6 is 0 Å². The van der Waals surface area contributed by atoms with Gasteiger partial charge in [0.15, 0.2) is 0 Å². The van der Waals surface area contributed by atoms with Gasteiger partial charge in [0.25, 0.3) is 5.91 Å². The molecular weight excluding hydrogens is 260 g/mol. The van der Waals surface area contributed by atoms with E-state index in [1.165, 1.54) is 0 Å². The highest BCUT2D eigenvalue weighted by molar-refractivity contribution is 6.01. The quantitative estimate of drug-likeness (QED) is 0.764. The van der Waals surface area contributed by atoms with Gasteiger partial charge in [0.2, 0.25) is 0 Å². The average Bonchev–Trinajstić information content (AvgIpc) is 2.62. The second-order valence-corrected chi connectivity index (χ2v) is 5.15. The minimum absolute atomic E-state index is 0.0773. The maximum atomic E-state index is 12.2. The molecule has 1 aromatic heterocycles. The lowest BCUT2D eigenvalue weighted by Crippen LogP contribution is -2.48. The first kappa shape index (κ1) is 14.6. The third-order valence-corrected chi connectivity index (χ3v) is 3.71. The first-order valence-corrected chi connectivity index (χ1v) is 6.79. The zero-order chi connectivity index (χ0) is 14.9. The van der Waals surface area contributed by atoms with Gasteiger partial charge in [-0.25, -0.2) is 4.79 Å². The zero-order valence-electron chi connectivity index (χ0n) is 11.9. The number of aromatic carboxylic acids is 1. The maximum Gasteiger partial charge on any atom is 0.352 e. The van der Waals surface area contributed by atoms with Gasteiger partial charge in [-0.1, -0.05) is 0 Å². The topological polar surface area (TPSA) is 91.4 Å². The van der Waals surface area contributed by atoms with Crippen LogP contribution in [0.2, 0.25) is 0 Å². The summed E-state index contributed by atoms with van der Waals surface area (Å²) in [5, 5.41) is 12.0. The first-order valence-electron chi connectivity index (χ1n) is 6.79. The molecule has 0 saturated heterocycles. The van der Waals surface area contributed by atoms with Crippen molar-refractivity contribution in [2.75, 3.05) is 6.61 Å². The van der Waals surface area contributed by atoms with Gasteiger partial charge in [-0.2, -0.15) is 0 Å². The van der Waals surface area contributed by atoms with Crippen molar-refractivity contribution in [3.63, 3.8) is 0 Å². The molecule has 0 aromatic carbocycles. The van der Waals surface area contributed by atoms with Crippen molar-refractivity contribution >= 4 is 11.9 Å². The highest BCUT2D eigenvalue weighted by atomic mass is 16.5. The lowest BCUT2D eigenvalue weighted by molar-refractivity contribution is -0.00863. The van der Waals surface area contributed by atoms with E-state index < -0.39 is 5.97 Å². The van der Waals surface area contributed by atoms with E-state index in [2.05, 4.69) is 10.3 Å². The van der Waals surface area contributed by atoms with Crippen LogP contribution in [0.5, 0.6) is 0 Å². The standard InChI is InChI=1S/C14H20N2O4/c1-4-20-10-5-9(6-10)16-13(17)11-7(2)12(14(18)19)15-8(11)3/h9-10,15H,4-6H2,1-3H3,(H,16,17)(H,18,19). The Balaban J connectivity index is 2.02. The number of ether oxygens (including phenoxy) is 1. The molecule has 20 heavy (non-hydrogen) atoms. The van der Waals surface area contributed by atoms with Crippen LogP contribution in [0, 0.1) is 13.8 Å². The predicted molar refractivity (Wildman–Crippen MR) is 73.1 cm³/mol. The van der Waals surface area contributed by atoms with Crippen molar-refractivity contribution in [1.82, 2.24) is 10.3 Å². The summed E-state index contributed by atoms with van der Waals surface area (Å²) in [6, 6.07) is 0.112. The van der Waals surface area contributed by atoms with Gasteiger partial charge >= 0.3 is 5.97 Å². The van der Waals surface area contributed by atoms with E-state index in [4.69, 9.17) is 9.84 Å². The molecule has 0 spiro atoms. The molecule has 1 heterocycles. The van der Waals surface area contributed by atoms with Crippen LogP contribution in [0.4, 0.5) is 0 Å². The smallest absolute Gasteiger partial charge is 0.352 e. The largest absolute Gasteiger partial charge is 0.477 e. The Hall–Kier alpha value is -1.82. The number of nitrogens with one attached hydrogen (secondary N) is 2. The Bertz CT molecular complexity index is 530. The van der Waals surface area contributed by atoms with Crippen LogP contribution in [0.25, 0.3) is 0 Å². The Morgan fingerprint density at radius 1 is 1.40 bits per heavy atom. The lowest BCUT2D eigenvalue weighted by atomic mass is 9.89. The molecule has 6 nitrogen and oxygen atoms in total. The maximum absolute atomic E-state index is 12.2. The number of carboxylic acids is 1. The van der Waals surface area contributed by atoms with Crippen molar-refractivity contribution in [3.8, 4) is 0 Å². The van der Waals surface area contributed by atoms with Gasteiger partial charge in [-0.15, -0.1) is 0 Å². The number of aromatic nitrogens is 1. The van der Waals surface area contributed by atoms with Crippen LogP contribution in [0.15, 0.2) is 0 Å². The summed E-state index contributed by atoms with van der Waals surface area (Å²) in [5.74, 6) is -1.27. The normalized spacial score (nSPS) is 21.4. The number of carbonyl (C=O) groups is 2. The van der Waals surface area contributed by atoms with Gasteiger partial charge in [0, 0.05) is 18.3 Å². The molecule has 1 saturated carbocycles. The van der Waals surface area contributed by atoms with Crippen molar-refractivity contribution in [2.45, 2.75) is 45.8 Å². The number of hydrogen-bond acceptors (Lipinski definition) is 3. The van der Waals surface area contributed by atoms with Crippen molar-refractivity contribution in [1.29, 1.82) is 0 Å². The Morgan fingerprint density at radius 2 is 2.05 bits per heavy atom. The molecule has 1 aliphatic rings. The number of rotatable bonds is 5. The van der Waals surface area contributed by atoms with E-state index in [-0.39, 0.29) is 23.7 Å². The van der Waals surface area contributed by atoms with Gasteiger partial charge in [0.05, 0.1) is 11.7 Å². The summed E-state index contributed by atoms with van der Waals surface area (Å²) in [6.45, 7) is 5.99. The second-order valence-electron chi connectivity index (χ2n) is 5.15. The number of H-pyrrole nitrogens is 1. The molecule has 0 bridgehead atoms. The molecule has 0 atom stereocenters. The molecule has 3 N–H and O–H groups in total. The van der Waals surface area contributed by atoms with E-state index in [1.807, 2.05) is 6.92 Å². The Morgan fingerprint density at radius 3 is 2.55 bits per heavy atom. The lowest BCUT2D eigenvalue weighted by Gasteiger charge is -2.35. The van der Waals surface area contributed by atoms with Crippen molar-refractivity contribution in [3.05, 3.63) is 22.5 Å². The summed E-state index contributed by atoms with van der Waals surface area (Å²) in [5.41, 5.74) is 1.57.